The molecule has 6 heteroatoms. The van der Waals surface area contributed by atoms with E-state index in [-0.39, 0.29) is 12.2 Å². The van der Waals surface area contributed by atoms with Crippen LogP contribution < -0.4 is 15.6 Å². The second-order valence-corrected chi connectivity index (χ2v) is 7.91. The smallest absolute Gasteiger partial charge is 0.261 e. The number of para-hydroxylation sites is 1. The lowest BCUT2D eigenvalue weighted by molar-refractivity contribution is 0.287. The number of nitrogens with zero attached hydrogens (tertiary/aromatic N) is 2. The van der Waals surface area contributed by atoms with Crippen LogP contribution in [0, 0.1) is 0 Å². The molecule has 0 amide bonds. The van der Waals surface area contributed by atoms with Crippen molar-refractivity contribution >= 4 is 22.7 Å². The maximum atomic E-state index is 12.7. The van der Waals surface area contributed by atoms with Crippen LogP contribution in [0.15, 0.2) is 53.3 Å². The molecule has 1 saturated heterocycles. The summed E-state index contributed by atoms with van der Waals surface area (Å²) in [7, 11) is 0. The van der Waals surface area contributed by atoms with Gasteiger partial charge in [0.05, 0.1) is 10.9 Å². The summed E-state index contributed by atoms with van der Waals surface area (Å²) < 4.78 is 7.61. The first-order valence-electron chi connectivity index (χ1n) is 9.27. The molecular weight excluding hydrogens is 358 g/mol. The molecule has 27 heavy (non-hydrogen) atoms. The summed E-state index contributed by atoms with van der Waals surface area (Å²) in [4.78, 5) is 17.3. The van der Waals surface area contributed by atoms with Crippen molar-refractivity contribution in [2.24, 2.45) is 0 Å². The fraction of sp³-hybridized carbons (Fsp3) is 0.333. The Kier molecular flexibility index (Phi) is 5.45. The summed E-state index contributed by atoms with van der Waals surface area (Å²) in [6.45, 7) is 3.87. The van der Waals surface area contributed by atoms with E-state index in [1.807, 2.05) is 55.1 Å². The maximum Gasteiger partial charge on any atom is 0.261 e. The highest BCUT2D eigenvalue weighted by molar-refractivity contribution is 8.00. The van der Waals surface area contributed by atoms with Crippen molar-refractivity contribution in [1.29, 1.82) is 0 Å². The summed E-state index contributed by atoms with van der Waals surface area (Å²) >= 11 is 1.97. The van der Waals surface area contributed by atoms with Crippen molar-refractivity contribution in [3.8, 4) is 5.75 Å². The molecule has 2 heterocycles. The number of nitrogens with one attached hydrogen (secondary N) is 1. The summed E-state index contributed by atoms with van der Waals surface area (Å²) in [5.41, 5.74) is 2.02. The molecule has 1 atom stereocenters. The van der Waals surface area contributed by atoms with Crippen molar-refractivity contribution in [3.63, 3.8) is 0 Å². The zero-order valence-corrected chi connectivity index (χ0v) is 16.2. The standard InChI is InChI=1S/C21H23N3O2S/c1-2-24-20(23-19-6-4-3-5-18(19)21(24)25)13-26-16-9-7-15(8-10-16)11-17-12-22-14-27-17/h3-10,17,22H,2,11-14H2,1H3. The van der Waals surface area contributed by atoms with Gasteiger partial charge in [-0.2, -0.15) is 0 Å². The molecule has 1 fully saturated rings. The summed E-state index contributed by atoms with van der Waals surface area (Å²) in [5.74, 6) is 2.49. The predicted octanol–water partition coefficient (Wildman–Crippen LogP) is 3.20. The molecule has 0 saturated carbocycles. The topological polar surface area (TPSA) is 56.1 Å². The lowest BCUT2D eigenvalue weighted by Gasteiger charge is -2.13. The molecule has 4 rings (SSSR count). The first-order chi connectivity index (χ1) is 13.2. The summed E-state index contributed by atoms with van der Waals surface area (Å²) in [6.07, 6.45) is 1.07. The van der Waals surface area contributed by atoms with Gasteiger partial charge < -0.3 is 10.1 Å². The molecule has 0 radical (unpaired) electrons. The lowest BCUT2D eigenvalue weighted by Crippen LogP contribution is -2.25. The molecule has 1 aliphatic heterocycles. The third-order valence-corrected chi connectivity index (χ3v) is 5.98. The van der Waals surface area contributed by atoms with Crippen LogP contribution in [0.25, 0.3) is 10.9 Å². The number of ether oxygens (including phenoxy) is 1. The normalized spacial score (nSPS) is 16.7. The fourth-order valence-electron chi connectivity index (χ4n) is 3.37. The van der Waals surface area contributed by atoms with Gasteiger partial charge in [-0.05, 0) is 43.2 Å². The van der Waals surface area contributed by atoms with Crippen LogP contribution in [0.2, 0.25) is 0 Å². The van der Waals surface area contributed by atoms with Crippen LogP contribution in [-0.2, 0) is 19.6 Å². The third-order valence-electron chi connectivity index (χ3n) is 4.80. The first kappa shape index (κ1) is 18.1. The van der Waals surface area contributed by atoms with Crippen LogP contribution in [-0.4, -0.2) is 27.2 Å². The lowest BCUT2D eigenvalue weighted by atomic mass is 10.1. The summed E-state index contributed by atoms with van der Waals surface area (Å²) in [5, 5.41) is 4.67. The second-order valence-electron chi connectivity index (χ2n) is 6.62. The van der Waals surface area contributed by atoms with E-state index < -0.39 is 0 Å². The molecule has 3 aromatic rings. The molecule has 1 N–H and O–H groups in total. The van der Waals surface area contributed by atoms with E-state index in [1.54, 1.807) is 4.57 Å². The van der Waals surface area contributed by atoms with Gasteiger partial charge in [-0.3, -0.25) is 9.36 Å². The molecule has 1 aliphatic rings. The van der Waals surface area contributed by atoms with Crippen molar-refractivity contribution < 1.29 is 4.74 Å². The number of aromatic nitrogens is 2. The van der Waals surface area contributed by atoms with Crippen LogP contribution in [0.5, 0.6) is 5.75 Å². The fourth-order valence-corrected chi connectivity index (χ4v) is 4.39. The van der Waals surface area contributed by atoms with E-state index in [0.29, 0.717) is 28.5 Å². The van der Waals surface area contributed by atoms with Gasteiger partial charge >= 0.3 is 0 Å². The SMILES string of the molecule is CCn1c(COc2ccc(CC3CNCS3)cc2)nc2ccccc2c1=O. The van der Waals surface area contributed by atoms with E-state index in [1.165, 1.54) is 5.56 Å². The summed E-state index contributed by atoms with van der Waals surface area (Å²) in [6, 6.07) is 15.7. The van der Waals surface area contributed by atoms with Gasteiger partial charge in [0, 0.05) is 24.2 Å². The number of fused-ring (bicyclic) bond motifs is 1. The van der Waals surface area contributed by atoms with Gasteiger partial charge in [0.25, 0.3) is 5.56 Å². The van der Waals surface area contributed by atoms with Crippen LogP contribution in [0.4, 0.5) is 0 Å². The molecule has 1 unspecified atom stereocenters. The quantitative estimate of drug-likeness (QED) is 0.711. The van der Waals surface area contributed by atoms with E-state index >= 15 is 0 Å². The largest absolute Gasteiger partial charge is 0.486 e. The Morgan fingerprint density at radius 3 is 2.78 bits per heavy atom. The predicted molar refractivity (Wildman–Crippen MR) is 110 cm³/mol. The highest BCUT2D eigenvalue weighted by Crippen LogP contribution is 2.21. The van der Waals surface area contributed by atoms with Gasteiger partial charge in [0.1, 0.15) is 18.2 Å². The zero-order valence-electron chi connectivity index (χ0n) is 15.4. The Labute approximate surface area is 162 Å². The Hall–Kier alpha value is -2.31. The molecule has 0 aliphatic carbocycles. The minimum Gasteiger partial charge on any atom is -0.486 e. The Bertz CT molecular complexity index is 979. The Morgan fingerprint density at radius 1 is 1.22 bits per heavy atom. The van der Waals surface area contributed by atoms with E-state index in [4.69, 9.17) is 4.74 Å². The van der Waals surface area contributed by atoms with E-state index in [2.05, 4.69) is 22.4 Å². The first-order valence-corrected chi connectivity index (χ1v) is 10.3. The second kappa shape index (κ2) is 8.15. The van der Waals surface area contributed by atoms with Gasteiger partial charge in [-0.1, -0.05) is 24.3 Å². The van der Waals surface area contributed by atoms with Gasteiger partial charge in [-0.15, -0.1) is 11.8 Å². The molecule has 1 aromatic heterocycles. The Morgan fingerprint density at radius 2 is 2.04 bits per heavy atom. The monoisotopic (exact) mass is 381 g/mol. The van der Waals surface area contributed by atoms with Crippen molar-refractivity contribution in [2.45, 2.75) is 31.7 Å². The average Bonchev–Trinajstić information content (AvgIpc) is 3.21. The van der Waals surface area contributed by atoms with Crippen molar-refractivity contribution in [1.82, 2.24) is 14.9 Å². The van der Waals surface area contributed by atoms with Crippen molar-refractivity contribution in [3.05, 3.63) is 70.3 Å². The van der Waals surface area contributed by atoms with Crippen LogP contribution >= 0.6 is 11.8 Å². The zero-order chi connectivity index (χ0) is 18.6. The van der Waals surface area contributed by atoms with E-state index in [9.17, 15) is 4.79 Å². The average molecular weight is 382 g/mol. The highest BCUT2D eigenvalue weighted by Gasteiger charge is 2.15. The minimum atomic E-state index is -0.0141. The third kappa shape index (κ3) is 4.01. The molecule has 140 valence electrons. The molecule has 0 spiro atoms. The van der Waals surface area contributed by atoms with Crippen molar-refractivity contribution in [2.75, 3.05) is 12.4 Å². The molecule has 5 nitrogen and oxygen atoms in total. The van der Waals surface area contributed by atoms with Gasteiger partial charge in [0.2, 0.25) is 0 Å². The highest BCUT2D eigenvalue weighted by atomic mass is 32.2. The number of benzene rings is 2. The molecule has 0 bridgehead atoms. The maximum absolute atomic E-state index is 12.7. The Balaban J connectivity index is 1.48. The molecule has 2 aromatic carbocycles. The minimum absolute atomic E-state index is 0.0141. The van der Waals surface area contributed by atoms with Gasteiger partial charge in [0.15, 0.2) is 0 Å². The number of hydrogen-bond acceptors (Lipinski definition) is 5. The van der Waals surface area contributed by atoms with Gasteiger partial charge in [-0.25, -0.2) is 4.98 Å². The number of rotatable bonds is 6. The molecular formula is C21H23N3O2S. The van der Waals surface area contributed by atoms with Crippen LogP contribution in [0.3, 0.4) is 0 Å². The van der Waals surface area contributed by atoms with Crippen LogP contribution in [0.1, 0.15) is 18.3 Å². The number of hydrogen-bond donors (Lipinski definition) is 1. The van der Waals surface area contributed by atoms with E-state index in [0.717, 1.165) is 24.6 Å². The number of thioether (sulfide) groups is 1.